The molecule has 104 valence electrons. The maximum atomic E-state index is 5.38. The van der Waals surface area contributed by atoms with E-state index >= 15 is 0 Å². The van der Waals surface area contributed by atoms with Crippen LogP contribution in [0.3, 0.4) is 0 Å². The average molecular weight is 313 g/mol. The van der Waals surface area contributed by atoms with Gasteiger partial charge in [0.1, 0.15) is 10.5 Å². The van der Waals surface area contributed by atoms with Crippen molar-refractivity contribution in [1.29, 1.82) is 0 Å². The Hall–Kier alpha value is -0.0000000000000000555. The predicted octanol–water partition coefficient (Wildman–Crippen LogP) is 4.71. The molecule has 1 aliphatic carbocycles. The zero-order valence-electron chi connectivity index (χ0n) is 11.2. The highest BCUT2D eigenvalue weighted by atomic mass is 32.2. The first-order chi connectivity index (χ1) is 9.24. The van der Waals surface area contributed by atoms with Gasteiger partial charge in [0.2, 0.25) is 0 Å². The van der Waals surface area contributed by atoms with Crippen LogP contribution in [-0.2, 0) is 0 Å². The van der Waals surface area contributed by atoms with E-state index in [-0.39, 0.29) is 0 Å². The molecule has 1 aliphatic heterocycles. The molecule has 1 aromatic heterocycles. The highest BCUT2D eigenvalue weighted by molar-refractivity contribution is 8.06. The molecule has 2 atom stereocenters. The van der Waals surface area contributed by atoms with Crippen LogP contribution in [0, 0.1) is 4.64 Å². The molecule has 19 heavy (non-hydrogen) atoms. The molecular formula is C14H20N2S3. The number of nitrogens with one attached hydrogen (secondary N) is 1. The third-order valence-electron chi connectivity index (χ3n) is 4.03. The van der Waals surface area contributed by atoms with Gasteiger partial charge in [0.25, 0.3) is 0 Å². The van der Waals surface area contributed by atoms with E-state index in [1.54, 1.807) is 0 Å². The van der Waals surface area contributed by atoms with Crippen LogP contribution in [0.15, 0.2) is 6.07 Å². The summed E-state index contributed by atoms with van der Waals surface area (Å²) in [6.45, 7) is 2.31. The van der Waals surface area contributed by atoms with E-state index in [0.717, 1.165) is 10.5 Å². The van der Waals surface area contributed by atoms with Gasteiger partial charge in [-0.1, -0.05) is 32.0 Å². The molecule has 2 heterocycles. The summed E-state index contributed by atoms with van der Waals surface area (Å²) in [7, 11) is 0. The molecule has 1 N–H and O–H groups in total. The third-order valence-corrected chi connectivity index (χ3v) is 7.34. The van der Waals surface area contributed by atoms with Crippen LogP contribution in [0.5, 0.6) is 0 Å². The zero-order chi connectivity index (χ0) is 13.2. The fourth-order valence-electron chi connectivity index (χ4n) is 3.02. The molecule has 0 bridgehead atoms. The normalized spacial score (nSPS) is 28.7. The second-order valence-electron chi connectivity index (χ2n) is 5.41. The van der Waals surface area contributed by atoms with Crippen molar-refractivity contribution in [3.8, 4) is 0 Å². The standard InChI is InChI=1S/C14H20N2S3/c1-9-13(19-7-6-18-9)14-15-11(8-12(17)16-14)10-4-2-3-5-10/h8-10,13H,2-7H2,1H3,(H,15,16,17). The van der Waals surface area contributed by atoms with Gasteiger partial charge in [0.05, 0.1) is 5.25 Å². The van der Waals surface area contributed by atoms with E-state index in [1.165, 1.54) is 42.9 Å². The van der Waals surface area contributed by atoms with Crippen molar-refractivity contribution in [3.05, 3.63) is 22.2 Å². The number of hydrogen-bond acceptors (Lipinski definition) is 4. The van der Waals surface area contributed by atoms with Gasteiger partial charge in [0, 0.05) is 22.4 Å². The van der Waals surface area contributed by atoms with E-state index < -0.39 is 0 Å². The first kappa shape index (κ1) is 14.0. The lowest BCUT2D eigenvalue weighted by molar-refractivity contribution is 0.677. The Kier molecular flexibility index (Phi) is 4.54. The topological polar surface area (TPSA) is 28.7 Å². The quantitative estimate of drug-likeness (QED) is 0.801. The molecule has 0 radical (unpaired) electrons. The second-order valence-corrected chi connectivity index (χ2v) is 8.56. The summed E-state index contributed by atoms with van der Waals surface area (Å²) in [5.41, 5.74) is 1.33. The lowest BCUT2D eigenvalue weighted by Gasteiger charge is -2.27. The first-order valence-corrected chi connectivity index (χ1v) is 9.59. The minimum Gasteiger partial charge on any atom is -0.346 e. The average Bonchev–Trinajstić information content (AvgIpc) is 2.92. The fourth-order valence-corrected chi connectivity index (χ4v) is 5.96. The van der Waals surface area contributed by atoms with Crippen LogP contribution in [0.4, 0.5) is 0 Å². The Balaban J connectivity index is 1.90. The second kappa shape index (κ2) is 6.19. The maximum absolute atomic E-state index is 5.38. The number of nitrogens with zero attached hydrogens (tertiary/aromatic N) is 1. The monoisotopic (exact) mass is 312 g/mol. The Morgan fingerprint density at radius 2 is 2.00 bits per heavy atom. The molecule has 5 heteroatoms. The van der Waals surface area contributed by atoms with Gasteiger partial charge in [-0.05, 0) is 24.8 Å². The SMILES string of the molecule is CC1SCCSC1c1nc(=S)cc(C2CCCC2)[nH]1. The van der Waals surface area contributed by atoms with Crippen LogP contribution >= 0.6 is 35.7 Å². The fraction of sp³-hybridized carbons (Fsp3) is 0.714. The van der Waals surface area contributed by atoms with Crippen LogP contribution in [-0.4, -0.2) is 26.7 Å². The van der Waals surface area contributed by atoms with Gasteiger partial charge in [-0.2, -0.15) is 11.8 Å². The van der Waals surface area contributed by atoms with Crippen LogP contribution in [0.2, 0.25) is 0 Å². The lowest BCUT2D eigenvalue weighted by atomic mass is 10.0. The Morgan fingerprint density at radius 1 is 1.26 bits per heavy atom. The minimum atomic E-state index is 0.474. The van der Waals surface area contributed by atoms with Crippen LogP contribution in [0.1, 0.15) is 55.3 Å². The van der Waals surface area contributed by atoms with Crippen LogP contribution < -0.4 is 0 Å². The van der Waals surface area contributed by atoms with Crippen molar-refractivity contribution in [2.75, 3.05) is 11.5 Å². The summed E-state index contributed by atoms with van der Waals surface area (Å²) in [6, 6.07) is 2.08. The summed E-state index contributed by atoms with van der Waals surface area (Å²) >= 11 is 9.46. The highest BCUT2D eigenvalue weighted by Gasteiger charge is 2.27. The van der Waals surface area contributed by atoms with Crippen molar-refractivity contribution < 1.29 is 0 Å². The van der Waals surface area contributed by atoms with Gasteiger partial charge >= 0.3 is 0 Å². The molecule has 1 aromatic rings. The van der Waals surface area contributed by atoms with E-state index in [4.69, 9.17) is 12.2 Å². The molecule has 2 nitrogen and oxygen atoms in total. The lowest BCUT2D eigenvalue weighted by Crippen LogP contribution is -2.19. The summed E-state index contributed by atoms with van der Waals surface area (Å²) in [5, 5.41) is 1.09. The largest absolute Gasteiger partial charge is 0.346 e. The van der Waals surface area contributed by atoms with Crippen molar-refractivity contribution >= 4 is 35.7 Å². The zero-order valence-corrected chi connectivity index (χ0v) is 13.7. The smallest absolute Gasteiger partial charge is 0.130 e. The Bertz CT molecular complexity index is 494. The van der Waals surface area contributed by atoms with E-state index in [9.17, 15) is 0 Å². The third kappa shape index (κ3) is 3.19. The number of thioether (sulfide) groups is 2. The summed E-state index contributed by atoms with van der Waals surface area (Å²) < 4.78 is 0.763. The van der Waals surface area contributed by atoms with E-state index in [1.807, 2.05) is 11.8 Å². The Morgan fingerprint density at radius 3 is 2.74 bits per heavy atom. The molecule has 2 unspecified atom stereocenters. The highest BCUT2D eigenvalue weighted by Crippen LogP contribution is 2.41. The minimum absolute atomic E-state index is 0.474. The van der Waals surface area contributed by atoms with E-state index in [0.29, 0.717) is 16.4 Å². The first-order valence-electron chi connectivity index (χ1n) is 7.08. The molecule has 2 fully saturated rings. The molecular weight excluding hydrogens is 292 g/mol. The number of rotatable bonds is 2. The molecule has 0 amide bonds. The molecule has 0 aromatic carbocycles. The number of aromatic amines is 1. The van der Waals surface area contributed by atoms with Crippen molar-refractivity contribution in [2.45, 2.75) is 49.0 Å². The molecule has 2 aliphatic rings. The Labute approximate surface area is 128 Å². The maximum Gasteiger partial charge on any atom is 0.130 e. The van der Waals surface area contributed by atoms with Crippen molar-refractivity contribution in [2.24, 2.45) is 0 Å². The summed E-state index contributed by atoms with van der Waals surface area (Å²) in [6.07, 6.45) is 5.31. The predicted molar refractivity (Wildman–Crippen MR) is 87.7 cm³/mol. The molecule has 0 spiro atoms. The van der Waals surface area contributed by atoms with Gasteiger partial charge in [-0.15, -0.1) is 11.8 Å². The molecule has 3 rings (SSSR count). The van der Waals surface area contributed by atoms with Gasteiger partial charge in [-0.25, -0.2) is 4.98 Å². The number of hydrogen-bond donors (Lipinski definition) is 1. The number of H-pyrrole nitrogens is 1. The van der Waals surface area contributed by atoms with Gasteiger partial charge in [0.15, 0.2) is 0 Å². The molecule has 1 saturated heterocycles. The van der Waals surface area contributed by atoms with Gasteiger partial charge in [-0.3, -0.25) is 0 Å². The van der Waals surface area contributed by atoms with Gasteiger partial charge < -0.3 is 4.98 Å². The molecule has 1 saturated carbocycles. The van der Waals surface area contributed by atoms with Crippen LogP contribution in [0.25, 0.3) is 0 Å². The number of aromatic nitrogens is 2. The summed E-state index contributed by atoms with van der Waals surface area (Å²) in [4.78, 5) is 8.22. The van der Waals surface area contributed by atoms with Crippen molar-refractivity contribution in [3.63, 3.8) is 0 Å². The van der Waals surface area contributed by atoms with E-state index in [2.05, 4.69) is 34.7 Å². The van der Waals surface area contributed by atoms with Crippen molar-refractivity contribution in [1.82, 2.24) is 9.97 Å². The summed E-state index contributed by atoms with van der Waals surface area (Å²) in [5.74, 6) is 4.26.